The maximum absolute atomic E-state index is 13.3. The fourth-order valence-electron chi connectivity index (χ4n) is 4.02. The molecule has 2 aromatic rings. The molecular formula is C28H38N6O7. The van der Waals surface area contributed by atoms with Crippen LogP contribution in [0.5, 0.6) is 5.75 Å². The summed E-state index contributed by atoms with van der Waals surface area (Å²) in [6, 6.07) is 9.79. The summed E-state index contributed by atoms with van der Waals surface area (Å²) in [7, 11) is 0. The van der Waals surface area contributed by atoms with Gasteiger partial charge in [0.2, 0.25) is 23.6 Å². The highest BCUT2D eigenvalue weighted by molar-refractivity contribution is 5.96. The number of carboxylic acid groups (broad SMARTS) is 1. The molecule has 0 fully saturated rings. The van der Waals surface area contributed by atoms with E-state index in [2.05, 4.69) is 16.0 Å². The molecule has 2 aromatic carbocycles. The number of nitrogens with two attached hydrogens (primary N) is 3. The molecule has 222 valence electrons. The molecule has 41 heavy (non-hydrogen) atoms. The molecule has 0 heterocycles. The largest absolute Gasteiger partial charge is 0.508 e. The van der Waals surface area contributed by atoms with Crippen molar-refractivity contribution in [2.75, 3.05) is 6.54 Å². The number of unbranched alkanes of at least 4 members (excludes halogenated alkanes) is 1. The highest BCUT2D eigenvalue weighted by atomic mass is 16.4. The summed E-state index contributed by atoms with van der Waals surface area (Å²) in [5, 5.41) is 26.5. The molecule has 0 aliphatic carbocycles. The number of carbonyl (C=O) groups excluding carboxylic acids is 4. The quantitative estimate of drug-likeness (QED) is 0.109. The first-order chi connectivity index (χ1) is 19.5. The molecule has 11 N–H and O–H groups in total. The van der Waals surface area contributed by atoms with Crippen LogP contribution in [0.3, 0.4) is 0 Å². The summed E-state index contributed by atoms with van der Waals surface area (Å²) < 4.78 is 0. The average Bonchev–Trinajstić information content (AvgIpc) is 2.93. The Morgan fingerprint density at radius 2 is 1.29 bits per heavy atom. The smallest absolute Gasteiger partial charge is 0.326 e. The lowest BCUT2D eigenvalue weighted by molar-refractivity contribution is -0.142. The van der Waals surface area contributed by atoms with Crippen LogP contribution in [0.4, 0.5) is 0 Å². The minimum Gasteiger partial charge on any atom is -0.508 e. The lowest BCUT2D eigenvalue weighted by Gasteiger charge is -2.25. The van der Waals surface area contributed by atoms with Crippen molar-refractivity contribution in [1.29, 1.82) is 0 Å². The lowest BCUT2D eigenvalue weighted by Crippen LogP contribution is -2.58. The number of hydrogen-bond donors (Lipinski definition) is 8. The Morgan fingerprint density at radius 1 is 0.732 bits per heavy atom. The first kappa shape index (κ1) is 32.7. The predicted molar refractivity (Wildman–Crippen MR) is 150 cm³/mol. The highest BCUT2D eigenvalue weighted by Crippen LogP contribution is 2.12. The summed E-state index contributed by atoms with van der Waals surface area (Å²) in [6.07, 6.45) is 0.659. The van der Waals surface area contributed by atoms with E-state index in [-0.39, 0.29) is 25.0 Å². The van der Waals surface area contributed by atoms with E-state index in [0.29, 0.717) is 24.9 Å². The van der Waals surface area contributed by atoms with Crippen molar-refractivity contribution in [3.8, 4) is 5.75 Å². The number of benzene rings is 2. The van der Waals surface area contributed by atoms with Gasteiger partial charge in [0, 0.05) is 6.42 Å². The summed E-state index contributed by atoms with van der Waals surface area (Å²) in [4.78, 5) is 62.7. The van der Waals surface area contributed by atoms with E-state index in [1.165, 1.54) is 24.3 Å². The molecule has 0 bridgehead atoms. The molecule has 4 atom stereocenters. The van der Waals surface area contributed by atoms with E-state index in [1.807, 2.05) is 6.07 Å². The van der Waals surface area contributed by atoms with Crippen molar-refractivity contribution in [2.24, 2.45) is 17.2 Å². The molecule has 13 nitrogen and oxygen atoms in total. The van der Waals surface area contributed by atoms with Gasteiger partial charge in [-0.1, -0.05) is 42.5 Å². The molecule has 4 unspecified atom stereocenters. The number of primary amides is 1. The zero-order valence-electron chi connectivity index (χ0n) is 22.6. The van der Waals surface area contributed by atoms with Crippen molar-refractivity contribution >= 4 is 29.6 Å². The Bertz CT molecular complexity index is 1180. The maximum Gasteiger partial charge on any atom is 0.326 e. The third kappa shape index (κ3) is 11.6. The fraction of sp³-hybridized carbons (Fsp3) is 0.393. The SMILES string of the molecule is NCCCCC(NC(=O)C(Cc1ccc(O)cc1)NC(=O)C(CC(N)=O)NC(=O)C(N)Cc1ccccc1)C(=O)O. The lowest BCUT2D eigenvalue weighted by atomic mass is 10.0. The van der Waals surface area contributed by atoms with Gasteiger partial charge in [0.1, 0.15) is 23.9 Å². The number of carboxylic acids is 1. The zero-order chi connectivity index (χ0) is 30.4. The molecule has 0 saturated carbocycles. The van der Waals surface area contributed by atoms with Gasteiger partial charge in [-0.15, -0.1) is 0 Å². The van der Waals surface area contributed by atoms with Crippen LogP contribution in [0, 0.1) is 0 Å². The number of nitrogens with one attached hydrogen (secondary N) is 3. The standard InChI is InChI=1S/C28H38N6O7/c29-13-5-4-8-21(28(40)41)32-26(38)22(15-18-9-11-19(35)12-10-18)34-27(39)23(16-24(31)36)33-25(37)20(30)14-17-6-2-1-3-7-17/h1-3,6-7,9-12,20-23,35H,4-5,8,13-16,29-30H2,(H2,31,36)(H,32,38)(H,33,37)(H,34,39)(H,40,41). The Kier molecular flexibility index (Phi) is 13.2. The molecular weight excluding hydrogens is 532 g/mol. The van der Waals surface area contributed by atoms with Crippen LogP contribution in [-0.2, 0) is 36.8 Å². The summed E-state index contributed by atoms with van der Waals surface area (Å²) in [5.74, 6) is -4.54. The van der Waals surface area contributed by atoms with Gasteiger partial charge in [-0.3, -0.25) is 19.2 Å². The average molecular weight is 571 g/mol. The van der Waals surface area contributed by atoms with Gasteiger partial charge in [-0.25, -0.2) is 4.79 Å². The number of aliphatic carboxylic acids is 1. The van der Waals surface area contributed by atoms with Crippen molar-refractivity contribution in [3.05, 3.63) is 65.7 Å². The van der Waals surface area contributed by atoms with Gasteiger partial charge in [0.15, 0.2) is 0 Å². The van der Waals surface area contributed by atoms with E-state index in [4.69, 9.17) is 17.2 Å². The van der Waals surface area contributed by atoms with E-state index in [9.17, 15) is 34.2 Å². The van der Waals surface area contributed by atoms with Crippen LogP contribution in [0.2, 0.25) is 0 Å². The minimum atomic E-state index is -1.45. The number of phenolic OH excluding ortho intramolecular Hbond substituents is 1. The third-order valence-corrected chi connectivity index (χ3v) is 6.24. The molecule has 0 aromatic heterocycles. The number of aromatic hydroxyl groups is 1. The summed E-state index contributed by atoms with van der Waals surface area (Å²) in [5.41, 5.74) is 18.1. The molecule has 13 heteroatoms. The van der Waals surface area contributed by atoms with Gasteiger partial charge < -0.3 is 43.4 Å². The van der Waals surface area contributed by atoms with E-state index in [0.717, 1.165) is 5.56 Å². The van der Waals surface area contributed by atoms with Gasteiger partial charge in [0.25, 0.3) is 0 Å². The van der Waals surface area contributed by atoms with E-state index < -0.39 is 60.2 Å². The number of rotatable bonds is 17. The predicted octanol–water partition coefficient (Wildman–Crippen LogP) is -0.952. The Balaban J connectivity index is 2.21. The zero-order valence-corrected chi connectivity index (χ0v) is 22.6. The van der Waals surface area contributed by atoms with Gasteiger partial charge in [-0.05, 0) is 55.5 Å². The van der Waals surface area contributed by atoms with Crippen LogP contribution >= 0.6 is 0 Å². The van der Waals surface area contributed by atoms with Crippen molar-refractivity contribution < 1.29 is 34.2 Å². The summed E-state index contributed by atoms with van der Waals surface area (Å²) >= 11 is 0. The van der Waals surface area contributed by atoms with Crippen molar-refractivity contribution in [1.82, 2.24) is 16.0 Å². The second-order valence-corrected chi connectivity index (χ2v) is 9.64. The number of hydrogen-bond acceptors (Lipinski definition) is 8. The highest BCUT2D eigenvalue weighted by Gasteiger charge is 2.31. The first-order valence-electron chi connectivity index (χ1n) is 13.2. The van der Waals surface area contributed by atoms with Crippen LogP contribution in [-0.4, -0.2) is 70.5 Å². The van der Waals surface area contributed by atoms with Gasteiger partial charge in [-0.2, -0.15) is 0 Å². The first-order valence-corrected chi connectivity index (χ1v) is 13.2. The summed E-state index contributed by atoms with van der Waals surface area (Å²) in [6.45, 7) is 0.363. The molecule has 0 radical (unpaired) electrons. The molecule has 4 amide bonds. The molecule has 0 spiro atoms. The second kappa shape index (κ2) is 16.6. The van der Waals surface area contributed by atoms with Gasteiger partial charge in [0.05, 0.1) is 12.5 Å². The van der Waals surface area contributed by atoms with Gasteiger partial charge >= 0.3 is 5.97 Å². The maximum atomic E-state index is 13.3. The number of amides is 4. The Hall–Kier alpha value is -4.49. The van der Waals surface area contributed by atoms with Crippen molar-refractivity contribution in [3.63, 3.8) is 0 Å². The minimum absolute atomic E-state index is 0.0132. The Labute approximate surface area is 237 Å². The topological polar surface area (TPSA) is 240 Å². The third-order valence-electron chi connectivity index (χ3n) is 6.24. The Morgan fingerprint density at radius 3 is 1.88 bits per heavy atom. The second-order valence-electron chi connectivity index (χ2n) is 9.64. The molecule has 2 rings (SSSR count). The van der Waals surface area contributed by atoms with Crippen molar-refractivity contribution in [2.45, 2.75) is 62.7 Å². The van der Waals surface area contributed by atoms with E-state index in [1.54, 1.807) is 24.3 Å². The number of phenols is 1. The normalized spacial score (nSPS) is 13.7. The molecule has 0 aliphatic rings. The van der Waals surface area contributed by atoms with Crippen LogP contribution < -0.4 is 33.2 Å². The van der Waals surface area contributed by atoms with Crippen LogP contribution in [0.25, 0.3) is 0 Å². The van der Waals surface area contributed by atoms with Crippen LogP contribution in [0.15, 0.2) is 54.6 Å². The molecule has 0 aliphatic heterocycles. The van der Waals surface area contributed by atoms with E-state index >= 15 is 0 Å². The fourth-order valence-corrected chi connectivity index (χ4v) is 4.02. The number of carbonyl (C=O) groups is 5. The monoisotopic (exact) mass is 570 g/mol. The molecule has 0 saturated heterocycles. The van der Waals surface area contributed by atoms with Crippen LogP contribution in [0.1, 0.15) is 36.8 Å².